The molecule has 1 fully saturated rings. The molecular weight excluding hydrogens is 515 g/mol. The Kier molecular flexibility index (Phi) is 5.84. The van der Waals surface area contributed by atoms with E-state index in [1.54, 1.807) is 40.1 Å². The van der Waals surface area contributed by atoms with Crippen molar-refractivity contribution in [3.05, 3.63) is 58.7 Å². The number of nitrogens with zero attached hydrogens (tertiary/aromatic N) is 4. The summed E-state index contributed by atoms with van der Waals surface area (Å²) in [6.45, 7) is 5.14. The Hall–Kier alpha value is -3.93. The number of rotatable bonds is 5. The molecule has 1 aromatic heterocycles. The average molecular weight is 544 g/mol. The van der Waals surface area contributed by atoms with Gasteiger partial charge in [-0.2, -0.15) is 8.78 Å². The van der Waals surface area contributed by atoms with Crippen LogP contribution in [0.15, 0.2) is 30.3 Å². The van der Waals surface area contributed by atoms with Gasteiger partial charge in [0.05, 0.1) is 29.4 Å². The molecule has 1 spiro atoms. The molecule has 0 aliphatic carbocycles. The fourth-order valence-corrected chi connectivity index (χ4v) is 5.14. The molecule has 9 nitrogen and oxygen atoms in total. The maximum absolute atomic E-state index is 15.4. The Morgan fingerprint density at radius 2 is 1.87 bits per heavy atom. The van der Waals surface area contributed by atoms with Gasteiger partial charge in [0, 0.05) is 30.6 Å². The molecule has 39 heavy (non-hydrogen) atoms. The lowest BCUT2D eigenvalue weighted by Crippen LogP contribution is -2.41. The van der Waals surface area contributed by atoms with E-state index in [1.807, 2.05) is 0 Å². The van der Waals surface area contributed by atoms with Crippen LogP contribution >= 0.6 is 0 Å². The van der Waals surface area contributed by atoms with E-state index >= 15 is 4.39 Å². The van der Waals surface area contributed by atoms with Crippen molar-refractivity contribution in [2.75, 3.05) is 30.9 Å². The highest BCUT2D eigenvalue weighted by molar-refractivity contribution is 6.11. The fraction of sp³-hybridized carbons (Fsp3) is 0.407. The number of nitrogens with one attached hydrogen (secondary N) is 1. The van der Waals surface area contributed by atoms with Crippen molar-refractivity contribution in [1.82, 2.24) is 14.9 Å². The van der Waals surface area contributed by atoms with Gasteiger partial charge in [-0.3, -0.25) is 4.79 Å². The first kappa shape index (κ1) is 26.7. The minimum absolute atomic E-state index is 0.0462. The quantitative estimate of drug-likeness (QED) is 0.492. The lowest BCUT2D eigenvalue weighted by atomic mass is 9.91. The summed E-state index contributed by atoms with van der Waals surface area (Å²) in [4.78, 5) is 37.1. The maximum Gasteiger partial charge on any atom is 0.411 e. The number of likely N-dealkylation sites (N-methyl/N-ethyl adjacent to an activating group) is 2. The number of hydrogen-bond donors (Lipinski definition) is 2. The summed E-state index contributed by atoms with van der Waals surface area (Å²) in [6, 6.07) is 6.19. The average Bonchev–Trinajstić information content (AvgIpc) is 3.25. The monoisotopic (exact) mass is 543 g/mol. The molecule has 12 heteroatoms. The number of fused-ring (bicyclic) bond motifs is 3. The molecule has 5 rings (SSSR count). The van der Waals surface area contributed by atoms with Crippen molar-refractivity contribution in [2.45, 2.75) is 50.9 Å². The summed E-state index contributed by atoms with van der Waals surface area (Å²) < 4.78 is 50.6. The van der Waals surface area contributed by atoms with Gasteiger partial charge < -0.3 is 25.0 Å². The summed E-state index contributed by atoms with van der Waals surface area (Å²) >= 11 is 0. The highest BCUT2D eigenvalue weighted by Gasteiger charge is 2.58. The van der Waals surface area contributed by atoms with E-state index in [1.165, 1.54) is 21.9 Å². The predicted octanol–water partition coefficient (Wildman–Crippen LogP) is 4.37. The van der Waals surface area contributed by atoms with Gasteiger partial charge in [0.1, 0.15) is 23.1 Å². The highest BCUT2D eigenvalue weighted by atomic mass is 19.3. The van der Waals surface area contributed by atoms with Crippen LogP contribution < -0.4 is 10.2 Å². The van der Waals surface area contributed by atoms with E-state index in [-0.39, 0.29) is 12.1 Å². The summed E-state index contributed by atoms with van der Waals surface area (Å²) in [6.07, 6.45) is -0.612. The topological polar surface area (TPSA) is 108 Å². The van der Waals surface area contributed by atoms with Gasteiger partial charge in [0.25, 0.3) is 5.91 Å². The van der Waals surface area contributed by atoms with Crippen LogP contribution in [0, 0.1) is 12.7 Å². The Labute approximate surface area is 222 Å². The van der Waals surface area contributed by atoms with Gasteiger partial charge in [-0.05, 0) is 45.9 Å². The van der Waals surface area contributed by atoms with Gasteiger partial charge >= 0.3 is 12.0 Å². The summed E-state index contributed by atoms with van der Waals surface area (Å²) in [5.41, 5.74) is -3.49. The van der Waals surface area contributed by atoms with E-state index in [2.05, 4.69) is 15.3 Å². The molecule has 2 amide bonds. The number of benzene rings is 2. The van der Waals surface area contributed by atoms with E-state index < -0.39 is 46.5 Å². The molecule has 1 saturated heterocycles. The van der Waals surface area contributed by atoms with Crippen LogP contribution in [0.4, 0.5) is 29.5 Å². The first-order valence-corrected chi connectivity index (χ1v) is 12.3. The Morgan fingerprint density at radius 3 is 2.49 bits per heavy atom. The molecule has 2 aliphatic rings. The summed E-state index contributed by atoms with van der Waals surface area (Å²) in [5.74, 6) is -4.71. The Balaban J connectivity index is 1.58. The third kappa shape index (κ3) is 3.88. The smallest absolute Gasteiger partial charge is 0.411 e. The fourth-order valence-electron chi connectivity index (χ4n) is 5.14. The first-order chi connectivity index (χ1) is 18.1. The molecular formula is C27H28F3N5O4. The minimum Gasteiger partial charge on any atom is -0.426 e. The largest absolute Gasteiger partial charge is 0.426 e. The molecule has 0 saturated carbocycles. The van der Waals surface area contributed by atoms with Crippen LogP contribution in [0.3, 0.4) is 0 Å². The lowest BCUT2D eigenvalue weighted by Gasteiger charge is -2.30. The van der Waals surface area contributed by atoms with Crippen molar-refractivity contribution in [1.29, 1.82) is 0 Å². The molecule has 3 heterocycles. The number of aromatic nitrogens is 2. The number of alkyl halides is 2. The van der Waals surface area contributed by atoms with Gasteiger partial charge in [0.2, 0.25) is 5.60 Å². The molecule has 2 N–H and O–H groups in total. The minimum atomic E-state index is -3.84. The van der Waals surface area contributed by atoms with Crippen molar-refractivity contribution in [3.63, 3.8) is 0 Å². The number of aliphatic hydroxyl groups is 1. The van der Waals surface area contributed by atoms with E-state index in [0.717, 1.165) is 19.9 Å². The third-order valence-corrected chi connectivity index (χ3v) is 7.36. The number of ether oxygens (including phenoxy) is 1. The van der Waals surface area contributed by atoms with Gasteiger partial charge in [-0.1, -0.05) is 12.1 Å². The van der Waals surface area contributed by atoms with Crippen LogP contribution in [-0.4, -0.2) is 58.2 Å². The zero-order valence-electron chi connectivity index (χ0n) is 22.3. The SMILES string of the molecule is Cc1nc(N[C@H](C)c2cccc(C(F)(F)C(C)(C)O)c2F)c2cc3c(cc2n1)[C@@]1(CN(C)C(=O)O1)C(=O)N3C. The number of hydrogen-bond acceptors (Lipinski definition) is 7. The normalized spacial score (nSPS) is 20.2. The molecule has 3 aromatic rings. The van der Waals surface area contributed by atoms with Crippen LogP contribution in [0.2, 0.25) is 0 Å². The number of carbonyl (C=O) groups is 2. The van der Waals surface area contributed by atoms with Crippen LogP contribution in [0.1, 0.15) is 49.3 Å². The van der Waals surface area contributed by atoms with Crippen LogP contribution in [0.25, 0.3) is 10.9 Å². The van der Waals surface area contributed by atoms with Gasteiger partial charge in [-0.15, -0.1) is 0 Å². The predicted molar refractivity (Wildman–Crippen MR) is 137 cm³/mol. The molecule has 2 aliphatic heterocycles. The van der Waals surface area contributed by atoms with Gasteiger partial charge in [-0.25, -0.2) is 19.2 Å². The second kappa shape index (κ2) is 8.54. The van der Waals surface area contributed by atoms with E-state index in [0.29, 0.717) is 33.8 Å². The number of amides is 2. The zero-order chi connectivity index (χ0) is 28.7. The molecule has 2 aromatic carbocycles. The molecule has 0 unspecified atom stereocenters. The summed E-state index contributed by atoms with van der Waals surface area (Å²) in [7, 11) is 3.12. The van der Waals surface area contributed by atoms with E-state index in [9.17, 15) is 23.5 Å². The molecule has 206 valence electrons. The van der Waals surface area contributed by atoms with E-state index in [4.69, 9.17) is 4.74 Å². The molecule has 0 radical (unpaired) electrons. The van der Waals surface area contributed by atoms with Crippen LogP contribution in [0.5, 0.6) is 0 Å². The van der Waals surface area contributed by atoms with Crippen molar-refractivity contribution < 1.29 is 32.6 Å². The Bertz CT molecular complexity index is 1540. The van der Waals surface area contributed by atoms with Crippen molar-refractivity contribution in [2.24, 2.45) is 0 Å². The zero-order valence-corrected chi connectivity index (χ0v) is 22.3. The standard InChI is InChI=1S/C27H28F3N5O4/c1-13(15-8-7-9-17(21(15)28)27(29,30)25(3,4)38)31-22-16-10-20-18(11-19(16)32-14(2)33-22)26(23(36)35(20)6)12-34(5)24(37)39-26/h7-11,13,38H,12H2,1-6H3,(H,31,32,33)/t13-,26+/m1/s1. The summed E-state index contributed by atoms with van der Waals surface area (Å²) in [5, 5.41) is 13.5. The van der Waals surface area contributed by atoms with Crippen molar-refractivity contribution in [3.8, 4) is 0 Å². The molecule has 2 atom stereocenters. The lowest BCUT2D eigenvalue weighted by molar-refractivity contribution is -0.170. The molecule has 0 bridgehead atoms. The first-order valence-electron chi connectivity index (χ1n) is 12.3. The van der Waals surface area contributed by atoms with Crippen molar-refractivity contribution >= 4 is 34.4 Å². The second-order valence-corrected chi connectivity index (χ2v) is 10.6. The number of halogens is 3. The second-order valence-electron chi connectivity index (χ2n) is 10.6. The maximum atomic E-state index is 15.4. The number of aryl methyl sites for hydroxylation is 1. The third-order valence-electron chi connectivity index (χ3n) is 7.36. The number of anilines is 2. The van der Waals surface area contributed by atoms with Gasteiger partial charge in [0.15, 0.2) is 0 Å². The van der Waals surface area contributed by atoms with Crippen LogP contribution in [-0.2, 0) is 21.1 Å². The number of carbonyl (C=O) groups excluding carboxylic acids is 2. The Morgan fingerprint density at radius 1 is 1.18 bits per heavy atom. The highest BCUT2D eigenvalue weighted by Crippen LogP contribution is 2.48.